The van der Waals surface area contributed by atoms with Crippen LogP contribution < -0.4 is 5.32 Å². The molecule has 0 unspecified atom stereocenters. The molecular weight excluding hydrogens is 269 g/mol. The van der Waals surface area contributed by atoms with E-state index in [2.05, 4.69) is 42.0 Å². The highest BCUT2D eigenvalue weighted by atomic mass is 79.9. The fourth-order valence-corrected chi connectivity index (χ4v) is 2.04. The zero-order valence-electron chi connectivity index (χ0n) is 10.1. The van der Waals surface area contributed by atoms with E-state index in [4.69, 9.17) is 0 Å². The molecule has 1 aromatic carbocycles. The lowest BCUT2D eigenvalue weighted by atomic mass is 9.95. The molecule has 0 fully saturated rings. The van der Waals surface area contributed by atoms with Gasteiger partial charge in [-0.05, 0) is 43.5 Å². The monoisotopic (exact) mass is 287 g/mol. The molecule has 0 aliphatic carbocycles. The summed E-state index contributed by atoms with van der Waals surface area (Å²) >= 11 is 3.30. The molecule has 16 heavy (non-hydrogen) atoms. The first-order chi connectivity index (χ1) is 7.49. The lowest BCUT2D eigenvalue weighted by Crippen LogP contribution is -2.40. The number of hydrogen-bond acceptors (Lipinski definition) is 1. The molecule has 1 aromatic rings. The van der Waals surface area contributed by atoms with Crippen molar-refractivity contribution in [2.45, 2.75) is 45.7 Å². The van der Waals surface area contributed by atoms with Gasteiger partial charge in [0.05, 0.1) is 0 Å². The van der Waals surface area contributed by atoms with E-state index in [-0.39, 0.29) is 11.4 Å². The Labute approximate surface area is 106 Å². The first-order valence-corrected chi connectivity index (χ1v) is 6.48. The smallest absolute Gasteiger partial charge is 0.124 e. The fraction of sp³-hybridized carbons (Fsp3) is 0.538. The maximum atomic E-state index is 13.2. The van der Waals surface area contributed by atoms with E-state index in [0.29, 0.717) is 6.54 Å². The van der Waals surface area contributed by atoms with E-state index < -0.39 is 0 Å². The topological polar surface area (TPSA) is 12.0 Å². The Balaban J connectivity index is 2.67. The van der Waals surface area contributed by atoms with Gasteiger partial charge in [-0.3, -0.25) is 0 Å². The van der Waals surface area contributed by atoms with Gasteiger partial charge in [-0.1, -0.05) is 29.8 Å². The van der Waals surface area contributed by atoms with Gasteiger partial charge in [0.15, 0.2) is 0 Å². The Morgan fingerprint density at radius 2 is 1.88 bits per heavy atom. The summed E-state index contributed by atoms with van der Waals surface area (Å²) in [5.41, 5.74) is 1.11. The van der Waals surface area contributed by atoms with Crippen LogP contribution in [0.4, 0.5) is 4.39 Å². The molecule has 1 nitrogen and oxygen atoms in total. The Morgan fingerprint density at radius 1 is 1.25 bits per heavy atom. The maximum Gasteiger partial charge on any atom is 0.124 e. The van der Waals surface area contributed by atoms with Gasteiger partial charge in [0.1, 0.15) is 5.82 Å². The average Bonchev–Trinajstić information content (AvgIpc) is 2.25. The Hall–Kier alpha value is -0.410. The Bertz CT molecular complexity index is 328. The molecule has 0 spiro atoms. The normalized spacial score (nSPS) is 11.8. The molecular formula is C13H19BrFN. The van der Waals surface area contributed by atoms with Crippen LogP contribution in [0.1, 0.15) is 39.2 Å². The molecule has 90 valence electrons. The molecule has 0 aliphatic heterocycles. The molecule has 1 N–H and O–H groups in total. The van der Waals surface area contributed by atoms with Crippen LogP contribution in [-0.2, 0) is 6.54 Å². The summed E-state index contributed by atoms with van der Waals surface area (Å²) < 4.78 is 13.9. The Kier molecular flexibility index (Phi) is 4.93. The number of nitrogens with one attached hydrogen (secondary N) is 1. The average molecular weight is 288 g/mol. The van der Waals surface area contributed by atoms with E-state index in [1.54, 1.807) is 6.07 Å². The SMILES string of the molecule is CCC(C)(CC)NCc1cc(F)cc(Br)c1. The number of benzene rings is 1. The molecule has 0 bridgehead atoms. The summed E-state index contributed by atoms with van der Waals surface area (Å²) in [5, 5.41) is 3.48. The standard InChI is InChI=1S/C13H19BrFN/c1-4-13(3,5-2)16-9-10-6-11(14)8-12(15)7-10/h6-8,16H,4-5,9H2,1-3H3. The van der Waals surface area contributed by atoms with Crippen LogP contribution in [0, 0.1) is 5.82 Å². The van der Waals surface area contributed by atoms with E-state index in [1.165, 1.54) is 6.07 Å². The third-order valence-corrected chi connectivity index (χ3v) is 3.66. The van der Waals surface area contributed by atoms with E-state index in [0.717, 1.165) is 22.9 Å². The van der Waals surface area contributed by atoms with Gasteiger partial charge in [0.25, 0.3) is 0 Å². The molecule has 0 amide bonds. The lowest BCUT2D eigenvalue weighted by molar-refractivity contribution is 0.329. The zero-order chi connectivity index (χ0) is 12.2. The second-order valence-electron chi connectivity index (χ2n) is 4.40. The first-order valence-electron chi connectivity index (χ1n) is 5.69. The summed E-state index contributed by atoms with van der Waals surface area (Å²) in [4.78, 5) is 0. The van der Waals surface area contributed by atoms with Crippen LogP contribution in [0.25, 0.3) is 0 Å². The van der Waals surface area contributed by atoms with Crippen molar-refractivity contribution in [2.75, 3.05) is 0 Å². The zero-order valence-corrected chi connectivity index (χ0v) is 11.7. The largest absolute Gasteiger partial charge is 0.307 e. The molecule has 0 aliphatic rings. The summed E-state index contributed by atoms with van der Waals surface area (Å²) in [6.45, 7) is 7.23. The summed E-state index contributed by atoms with van der Waals surface area (Å²) in [6, 6.07) is 4.99. The maximum absolute atomic E-state index is 13.2. The highest BCUT2D eigenvalue weighted by Gasteiger charge is 2.18. The predicted octanol–water partition coefficient (Wildman–Crippen LogP) is 4.26. The van der Waals surface area contributed by atoms with Crippen molar-refractivity contribution in [2.24, 2.45) is 0 Å². The summed E-state index contributed by atoms with van der Waals surface area (Å²) in [5.74, 6) is -0.194. The van der Waals surface area contributed by atoms with E-state index in [9.17, 15) is 4.39 Å². The van der Waals surface area contributed by atoms with Crippen molar-refractivity contribution in [1.29, 1.82) is 0 Å². The highest BCUT2D eigenvalue weighted by Crippen LogP contribution is 2.18. The second kappa shape index (κ2) is 5.78. The summed E-state index contributed by atoms with van der Waals surface area (Å²) in [7, 11) is 0. The minimum Gasteiger partial charge on any atom is -0.307 e. The van der Waals surface area contributed by atoms with Gasteiger partial charge in [-0.25, -0.2) is 4.39 Å². The van der Waals surface area contributed by atoms with Gasteiger partial charge in [-0.15, -0.1) is 0 Å². The van der Waals surface area contributed by atoms with Crippen molar-refractivity contribution in [1.82, 2.24) is 5.32 Å². The van der Waals surface area contributed by atoms with Crippen LogP contribution in [0.3, 0.4) is 0 Å². The molecule has 3 heteroatoms. The fourth-order valence-electron chi connectivity index (χ4n) is 1.53. The predicted molar refractivity (Wildman–Crippen MR) is 69.9 cm³/mol. The van der Waals surface area contributed by atoms with Crippen molar-refractivity contribution in [3.63, 3.8) is 0 Å². The van der Waals surface area contributed by atoms with Crippen LogP contribution in [0.15, 0.2) is 22.7 Å². The minimum absolute atomic E-state index is 0.138. The van der Waals surface area contributed by atoms with Crippen molar-refractivity contribution < 1.29 is 4.39 Å². The molecule has 0 saturated carbocycles. The van der Waals surface area contributed by atoms with Crippen molar-refractivity contribution in [3.8, 4) is 0 Å². The third-order valence-electron chi connectivity index (χ3n) is 3.20. The molecule has 1 rings (SSSR count). The van der Waals surface area contributed by atoms with Crippen LogP contribution in [0.5, 0.6) is 0 Å². The molecule has 0 heterocycles. The van der Waals surface area contributed by atoms with Gasteiger partial charge < -0.3 is 5.32 Å². The molecule has 0 atom stereocenters. The molecule has 0 aromatic heterocycles. The Morgan fingerprint density at radius 3 is 2.38 bits per heavy atom. The third kappa shape index (κ3) is 3.87. The number of rotatable bonds is 5. The van der Waals surface area contributed by atoms with Gasteiger partial charge in [0.2, 0.25) is 0 Å². The summed E-state index contributed by atoms with van der Waals surface area (Å²) in [6.07, 6.45) is 2.14. The highest BCUT2D eigenvalue weighted by molar-refractivity contribution is 9.10. The van der Waals surface area contributed by atoms with Gasteiger partial charge in [0, 0.05) is 16.6 Å². The van der Waals surface area contributed by atoms with E-state index in [1.807, 2.05) is 6.07 Å². The van der Waals surface area contributed by atoms with Crippen LogP contribution in [-0.4, -0.2) is 5.54 Å². The minimum atomic E-state index is -0.194. The molecule has 0 radical (unpaired) electrons. The van der Waals surface area contributed by atoms with Gasteiger partial charge >= 0.3 is 0 Å². The lowest BCUT2D eigenvalue weighted by Gasteiger charge is -2.28. The number of halogens is 2. The quantitative estimate of drug-likeness (QED) is 0.853. The van der Waals surface area contributed by atoms with Crippen molar-refractivity contribution >= 4 is 15.9 Å². The second-order valence-corrected chi connectivity index (χ2v) is 5.31. The first kappa shape index (κ1) is 13.7. The van der Waals surface area contributed by atoms with Crippen molar-refractivity contribution in [3.05, 3.63) is 34.1 Å². The van der Waals surface area contributed by atoms with Crippen LogP contribution in [0.2, 0.25) is 0 Å². The number of hydrogen-bond donors (Lipinski definition) is 1. The molecule has 0 saturated heterocycles. The van der Waals surface area contributed by atoms with Gasteiger partial charge in [-0.2, -0.15) is 0 Å². The van der Waals surface area contributed by atoms with E-state index >= 15 is 0 Å². The van der Waals surface area contributed by atoms with Crippen LogP contribution >= 0.6 is 15.9 Å².